The molecular formula is C25H26N4O3. The zero-order chi connectivity index (χ0) is 22.5. The number of benzene rings is 3. The first kappa shape index (κ1) is 21.2. The summed E-state index contributed by atoms with van der Waals surface area (Å²) in [5.41, 5.74) is 10.6. The van der Waals surface area contributed by atoms with Gasteiger partial charge in [0.15, 0.2) is 0 Å². The van der Waals surface area contributed by atoms with Crippen molar-refractivity contribution in [2.24, 2.45) is 0 Å². The number of nitrogen functional groups attached to an aromatic ring is 1. The molecule has 164 valence electrons. The number of para-hydroxylation sites is 3. The number of nitrogens with two attached hydrogens (primary N) is 1. The third-order valence-electron chi connectivity index (χ3n) is 5.63. The quantitative estimate of drug-likeness (QED) is 0.443. The van der Waals surface area contributed by atoms with Gasteiger partial charge in [-0.05, 0) is 54.3 Å². The van der Waals surface area contributed by atoms with Crippen molar-refractivity contribution in [2.75, 3.05) is 18.2 Å². The van der Waals surface area contributed by atoms with Crippen LogP contribution in [0.4, 0.5) is 16.2 Å². The van der Waals surface area contributed by atoms with E-state index in [1.807, 2.05) is 48.5 Å². The van der Waals surface area contributed by atoms with E-state index in [0.717, 1.165) is 35.3 Å². The van der Waals surface area contributed by atoms with Crippen LogP contribution in [-0.2, 0) is 13.0 Å². The molecule has 0 bridgehead atoms. The summed E-state index contributed by atoms with van der Waals surface area (Å²) in [6, 6.07) is 20.0. The second-order valence-corrected chi connectivity index (χ2v) is 7.69. The van der Waals surface area contributed by atoms with E-state index < -0.39 is 0 Å². The highest BCUT2D eigenvalue weighted by atomic mass is 16.5. The van der Waals surface area contributed by atoms with Gasteiger partial charge in [0.25, 0.3) is 5.91 Å². The molecule has 0 saturated carbocycles. The van der Waals surface area contributed by atoms with Crippen LogP contribution in [-0.4, -0.2) is 19.0 Å². The number of rotatable bonds is 6. The van der Waals surface area contributed by atoms with Gasteiger partial charge in [0.2, 0.25) is 0 Å². The molecule has 0 aliphatic heterocycles. The summed E-state index contributed by atoms with van der Waals surface area (Å²) < 4.78 is 5.32. The number of anilines is 2. The van der Waals surface area contributed by atoms with Gasteiger partial charge in [-0.15, -0.1) is 0 Å². The minimum Gasteiger partial charge on any atom is -0.496 e. The Morgan fingerprint density at radius 2 is 1.84 bits per heavy atom. The Morgan fingerprint density at radius 1 is 1.06 bits per heavy atom. The topological polar surface area (TPSA) is 105 Å². The Labute approximate surface area is 187 Å². The zero-order valence-electron chi connectivity index (χ0n) is 17.9. The molecule has 32 heavy (non-hydrogen) atoms. The third-order valence-corrected chi connectivity index (χ3v) is 5.63. The van der Waals surface area contributed by atoms with E-state index in [4.69, 9.17) is 10.5 Å². The van der Waals surface area contributed by atoms with Crippen LogP contribution < -0.4 is 26.4 Å². The van der Waals surface area contributed by atoms with Gasteiger partial charge in [0.1, 0.15) is 5.75 Å². The molecule has 4 rings (SSSR count). The van der Waals surface area contributed by atoms with Crippen molar-refractivity contribution >= 4 is 23.3 Å². The maximum atomic E-state index is 12.6. The molecule has 7 nitrogen and oxygen atoms in total. The monoisotopic (exact) mass is 430 g/mol. The molecule has 1 unspecified atom stereocenters. The summed E-state index contributed by atoms with van der Waals surface area (Å²) in [7, 11) is 1.61. The maximum absolute atomic E-state index is 12.6. The number of methoxy groups -OCH3 is 1. The molecule has 1 aliphatic rings. The summed E-state index contributed by atoms with van der Waals surface area (Å²) in [5.74, 6) is 0.527. The summed E-state index contributed by atoms with van der Waals surface area (Å²) in [6.07, 6.45) is 1.58. The van der Waals surface area contributed by atoms with Crippen molar-refractivity contribution in [3.63, 3.8) is 0 Å². The second-order valence-electron chi connectivity index (χ2n) is 7.69. The fourth-order valence-corrected chi connectivity index (χ4v) is 3.95. The Kier molecular flexibility index (Phi) is 6.26. The van der Waals surface area contributed by atoms with E-state index >= 15 is 0 Å². The molecule has 1 atom stereocenters. The lowest BCUT2D eigenvalue weighted by atomic mass is 10.0. The smallest absolute Gasteiger partial charge is 0.315 e. The van der Waals surface area contributed by atoms with Crippen LogP contribution in [0.15, 0.2) is 66.7 Å². The minimum absolute atomic E-state index is 0.0930. The van der Waals surface area contributed by atoms with Gasteiger partial charge in [-0.2, -0.15) is 0 Å². The molecule has 0 saturated heterocycles. The average Bonchev–Trinajstić information content (AvgIpc) is 3.21. The molecule has 3 aromatic carbocycles. The van der Waals surface area contributed by atoms with Crippen LogP contribution in [0.25, 0.3) is 0 Å². The molecule has 0 spiro atoms. The van der Waals surface area contributed by atoms with Crippen molar-refractivity contribution < 1.29 is 14.3 Å². The third kappa shape index (κ3) is 4.67. The number of carbonyl (C=O) groups is 2. The number of fused-ring (bicyclic) bond motifs is 1. The first-order chi connectivity index (χ1) is 15.5. The van der Waals surface area contributed by atoms with Gasteiger partial charge < -0.3 is 26.4 Å². The number of carbonyl (C=O) groups excluding carboxylic acids is 2. The fourth-order valence-electron chi connectivity index (χ4n) is 3.95. The maximum Gasteiger partial charge on any atom is 0.315 e. The minimum atomic E-state index is -0.241. The molecule has 7 heteroatoms. The highest BCUT2D eigenvalue weighted by Gasteiger charge is 2.25. The first-order valence-corrected chi connectivity index (χ1v) is 10.5. The van der Waals surface area contributed by atoms with Gasteiger partial charge in [0.05, 0.1) is 24.5 Å². The predicted octanol–water partition coefficient (Wildman–Crippen LogP) is 4.02. The molecule has 0 radical (unpaired) electrons. The van der Waals surface area contributed by atoms with Gasteiger partial charge in [-0.1, -0.05) is 36.4 Å². The van der Waals surface area contributed by atoms with E-state index in [1.165, 1.54) is 0 Å². The number of ether oxygens (including phenoxy) is 1. The van der Waals surface area contributed by atoms with Gasteiger partial charge >= 0.3 is 6.03 Å². The van der Waals surface area contributed by atoms with E-state index in [1.54, 1.807) is 25.3 Å². The Hall–Kier alpha value is -4.00. The van der Waals surface area contributed by atoms with E-state index in [9.17, 15) is 9.59 Å². The van der Waals surface area contributed by atoms with Gasteiger partial charge in [-0.25, -0.2) is 4.79 Å². The van der Waals surface area contributed by atoms with Crippen molar-refractivity contribution in [2.45, 2.75) is 25.4 Å². The Balaban J connectivity index is 1.37. The number of nitrogens with one attached hydrogen (secondary N) is 3. The summed E-state index contributed by atoms with van der Waals surface area (Å²) >= 11 is 0. The van der Waals surface area contributed by atoms with Crippen molar-refractivity contribution in [3.05, 3.63) is 89.0 Å². The second kappa shape index (κ2) is 9.43. The summed E-state index contributed by atoms with van der Waals surface area (Å²) in [4.78, 5) is 25.1. The standard InChI is InChI=1S/C25H26N4O3/c1-32-23-9-5-2-6-18(23)15-27-25(31)29-21-13-11-16-14-17(10-12-19(16)21)24(30)28-22-8-4-3-7-20(22)26/h2-10,12,14,21H,11,13,15,26H2,1H3,(H,28,30)(H2,27,29,31). The predicted molar refractivity (Wildman–Crippen MR) is 125 cm³/mol. The van der Waals surface area contributed by atoms with E-state index in [2.05, 4.69) is 16.0 Å². The number of urea groups is 1. The van der Waals surface area contributed by atoms with Crippen LogP contribution in [0.5, 0.6) is 5.75 Å². The number of amides is 3. The number of hydrogen-bond acceptors (Lipinski definition) is 4. The molecule has 3 aromatic rings. The van der Waals surface area contributed by atoms with Crippen molar-refractivity contribution in [1.29, 1.82) is 0 Å². The molecule has 0 aromatic heterocycles. The van der Waals surface area contributed by atoms with Crippen LogP contribution in [0.2, 0.25) is 0 Å². The van der Waals surface area contributed by atoms with Crippen molar-refractivity contribution in [3.8, 4) is 5.75 Å². The SMILES string of the molecule is COc1ccccc1CNC(=O)NC1CCc2cc(C(=O)Nc3ccccc3N)ccc21. The Bertz CT molecular complexity index is 1150. The zero-order valence-corrected chi connectivity index (χ0v) is 17.9. The van der Waals surface area contributed by atoms with Crippen LogP contribution in [0.3, 0.4) is 0 Å². The molecule has 0 fully saturated rings. The number of hydrogen-bond donors (Lipinski definition) is 4. The van der Waals surface area contributed by atoms with E-state index in [-0.39, 0.29) is 18.0 Å². The lowest BCUT2D eigenvalue weighted by Gasteiger charge is -2.16. The summed E-state index contributed by atoms with van der Waals surface area (Å²) in [5, 5.41) is 8.77. The molecule has 0 heterocycles. The van der Waals surface area contributed by atoms with Crippen LogP contribution in [0.1, 0.15) is 39.5 Å². The van der Waals surface area contributed by atoms with E-state index in [0.29, 0.717) is 23.5 Å². The number of aryl methyl sites for hydroxylation is 1. The molecule has 1 aliphatic carbocycles. The molecular weight excluding hydrogens is 404 g/mol. The lowest BCUT2D eigenvalue weighted by Crippen LogP contribution is -2.37. The normalized spacial score (nSPS) is 14.3. The molecule has 3 amide bonds. The van der Waals surface area contributed by atoms with Gasteiger partial charge in [-0.3, -0.25) is 4.79 Å². The first-order valence-electron chi connectivity index (χ1n) is 10.5. The largest absolute Gasteiger partial charge is 0.496 e. The Morgan fingerprint density at radius 3 is 2.66 bits per heavy atom. The highest BCUT2D eigenvalue weighted by molar-refractivity contribution is 6.05. The van der Waals surface area contributed by atoms with Crippen molar-refractivity contribution in [1.82, 2.24) is 10.6 Å². The van der Waals surface area contributed by atoms with Crippen LogP contribution in [0, 0.1) is 0 Å². The lowest BCUT2D eigenvalue weighted by molar-refractivity contribution is 0.102. The van der Waals surface area contributed by atoms with Crippen LogP contribution >= 0.6 is 0 Å². The summed E-state index contributed by atoms with van der Waals surface area (Å²) in [6.45, 7) is 0.372. The fraction of sp³-hybridized carbons (Fsp3) is 0.200. The average molecular weight is 431 g/mol. The highest BCUT2D eigenvalue weighted by Crippen LogP contribution is 2.32. The molecule has 5 N–H and O–H groups in total. The van der Waals surface area contributed by atoms with Gasteiger partial charge in [0, 0.05) is 17.7 Å².